The molecule has 1 aromatic carbocycles. The highest BCUT2D eigenvalue weighted by Gasteiger charge is 2.15. The van der Waals surface area contributed by atoms with Crippen molar-refractivity contribution in [2.45, 2.75) is 6.92 Å². The van der Waals surface area contributed by atoms with Crippen molar-refractivity contribution in [3.63, 3.8) is 0 Å². The first-order chi connectivity index (χ1) is 8.95. The first kappa shape index (κ1) is 15.8. The second-order valence-electron chi connectivity index (χ2n) is 4.07. The molecule has 104 valence electrons. The first-order valence-electron chi connectivity index (χ1n) is 5.86. The largest absolute Gasteiger partial charge is 0.351 e. The van der Waals surface area contributed by atoms with Gasteiger partial charge in [0.25, 0.3) is 11.6 Å². The Morgan fingerprint density at radius 2 is 2.21 bits per heavy atom. The molecular weight excluding hydrogens is 361 g/mol. The number of benzene rings is 1. The fraction of sp³-hybridized carbons (Fsp3) is 0.417. The summed E-state index contributed by atoms with van der Waals surface area (Å²) in [6.45, 7) is 4.20. The predicted octanol–water partition coefficient (Wildman–Crippen LogP) is 1.88. The van der Waals surface area contributed by atoms with Gasteiger partial charge in [-0.3, -0.25) is 14.9 Å². The number of carbonyl (C=O) groups is 1. The summed E-state index contributed by atoms with van der Waals surface area (Å²) < 4.78 is 0.699. The van der Waals surface area contributed by atoms with Gasteiger partial charge >= 0.3 is 0 Å². The van der Waals surface area contributed by atoms with Crippen LogP contribution in [0.4, 0.5) is 5.69 Å². The van der Waals surface area contributed by atoms with E-state index in [0.29, 0.717) is 15.7 Å². The maximum absolute atomic E-state index is 12.0. The molecule has 0 radical (unpaired) electrons. The molecule has 1 N–H and O–H groups in total. The molecule has 0 spiro atoms. The number of nitrogens with zero attached hydrogens (tertiary/aromatic N) is 2. The summed E-state index contributed by atoms with van der Waals surface area (Å²) in [6, 6.07) is 4.27. The molecule has 7 heteroatoms. The molecular formula is C12H16IN3O3. The molecule has 0 atom stereocenters. The number of non-ortho nitro benzene ring substituents is 1. The highest BCUT2D eigenvalue weighted by molar-refractivity contribution is 14.1. The number of nitro benzene ring substituents is 1. The van der Waals surface area contributed by atoms with Crippen LogP contribution in [0, 0.1) is 13.7 Å². The Morgan fingerprint density at radius 1 is 1.53 bits per heavy atom. The summed E-state index contributed by atoms with van der Waals surface area (Å²) in [5, 5.41) is 13.5. The van der Waals surface area contributed by atoms with E-state index in [-0.39, 0.29) is 11.6 Å². The van der Waals surface area contributed by atoms with Gasteiger partial charge in [0.1, 0.15) is 0 Å². The fourth-order valence-corrected chi connectivity index (χ4v) is 1.99. The zero-order valence-electron chi connectivity index (χ0n) is 10.9. The van der Waals surface area contributed by atoms with E-state index in [0.717, 1.165) is 13.1 Å². The quantitative estimate of drug-likeness (QED) is 0.467. The summed E-state index contributed by atoms with van der Waals surface area (Å²) in [4.78, 5) is 24.2. The zero-order valence-corrected chi connectivity index (χ0v) is 13.0. The number of hydrogen-bond donors (Lipinski definition) is 1. The zero-order chi connectivity index (χ0) is 14.4. The lowest BCUT2D eigenvalue weighted by atomic mass is 10.2. The monoisotopic (exact) mass is 377 g/mol. The van der Waals surface area contributed by atoms with Crippen molar-refractivity contribution >= 4 is 34.2 Å². The average Bonchev–Trinajstić information content (AvgIpc) is 2.38. The van der Waals surface area contributed by atoms with Crippen LogP contribution in [-0.2, 0) is 0 Å². The highest BCUT2D eigenvalue weighted by atomic mass is 127. The van der Waals surface area contributed by atoms with E-state index < -0.39 is 4.92 Å². The minimum Gasteiger partial charge on any atom is -0.351 e. The molecule has 1 aromatic rings. The van der Waals surface area contributed by atoms with Crippen LogP contribution < -0.4 is 5.32 Å². The van der Waals surface area contributed by atoms with Gasteiger partial charge in [-0.2, -0.15) is 0 Å². The van der Waals surface area contributed by atoms with Gasteiger partial charge in [0.15, 0.2) is 0 Å². The minimum atomic E-state index is -0.502. The summed E-state index contributed by atoms with van der Waals surface area (Å²) in [7, 11) is 1.96. The van der Waals surface area contributed by atoms with E-state index in [2.05, 4.69) is 10.2 Å². The fourth-order valence-electron chi connectivity index (χ4n) is 1.41. The molecule has 19 heavy (non-hydrogen) atoms. The third kappa shape index (κ3) is 4.75. The lowest BCUT2D eigenvalue weighted by Gasteiger charge is -2.14. The van der Waals surface area contributed by atoms with Crippen LogP contribution in [-0.4, -0.2) is 42.4 Å². The van der Waals surface area contributed by atoms with Gasteiger partial charge in [0.2, 0.25) is 0 Å². The molecule has 1 rings (SSSR count). The number of likely N-dealkylation sites (N-methyl/N-ethyl adjacent to an activating group) is 1. The topological polar surface area (TPSA) is 75.5 Å². The average molecular weight is 377 g/mol. The van der Waals surface area contributed by atoms with Gasteiger partial charge in [-0.05, 0) is 42.2 Å². The lowest BCUT2D eigenvalue weighted by molar-refractivity contribution is -0.384. The molecule has 0 aliphatic carbocycles. The molecule has 6 nitrogen and oxygen atoms in total. The molecule has 0 bridgehead atoms. The number of nitro groups is 1. The summed E-state index contributed by atoms with van der Waals surface area (Å²) in [5.41, 5.74) is 0.269. The first-order valence-corrected chi connectivity index (χ1v) is 6.94. The molecule has 0 unspecified atom stereocenters. The molecule has 0 aliphatic heterocycles. The van der Waals surface area contributed by atoms with Crippen molar-refractivity contribution in [3.05, 3.63) is 37.4 Å². The van der Waals surface area contributed by atoms with Gasteiger partial charge in [0, 0.05) is 28.8 Å². The SMILES string of the molecule is CCN(C)CCNC(=O)c1cc([N+](=O)[O-])ccc1I. The molecule has 1 amide bonds. The van der Waals surface area contributed by atoms with Crippen LogP contribution >= 0.6 is 22.6 Å². The number of rotatable bonds is 6. The predicted molar refractivity (Wildman–Crippen MR) is 81.3 cm³/mol. The van der Waals surface area contributed by atoms with Crippen LogP contribution in [0.2, 0.25) is 0 Å². The molecule has 0 saturated heterocycles. The standard InChI is InChI=1S/C12H16IN3O3/c1-3-15(2)7-6-14-12(17)10-8-9(16(18)19)4-5-11(10)13/h4-5,8H,3,6-7H2,1-2H3,(H,14,17). The Kier molecular flexibility index (Phi) is 6.16. The van der Waals surface area contributed by atoms with Crippen LogP contribution in [0.5, 0.6) is 0 Å². The van der Waals surface area contributed by atoms with E-state index in [1.54, 1.807) is 6.07 Å². The van der Waals surface area contributed by atoms with Gasteiger partial charge in [0.05, 0.1) is 10.5 Å². The summed E-state index contributed by atoms with van der Waals surface area (Å²) in [6.07, 6.45) is 0. The maximum Gasteiger partial charge on any atom is 0.270 e. The second kappa shape index (κ2) is 7.39. The van der Waals surface area contributed by atoms with Crippen LogP contribution in [0.3, 0.4) is 0 Å². The van der Waals surface area contributed by atoms with Gasteiger partial charge in [-0.15, -0.1) is 0 Å². The van der Waals surface area contributed by atoms with Crippen molar-refractivity contribution in [1.82, 2.24) is 10.2 Å². The van der Waals surface area contributed by atoms with E-state index in [1.165, 1.54) is 12.1 Å². The van der Waals surface area contributed by atoms with Crippen molar-refractivity contribution in [2.24, 2.45) is 0 Å². The van der Waals surface area contributed by atoms with Crippen molar-refractivity contribution in [1.29, 1.82) is 0 Å². The molecule has 0 aliphatic rings. The third-order valence-electron chi connectivity index (χ3n) is 2.72. The van der Waals surface area contributed by atoms with Crippen LogP contribution in [0.15, 0.2) is 18.2 Å². The van der Waals surface area contributed by atoms with Crippen molar-refractivity contribution in [3.8, 4) is 0 Å². The Labute approximate surface area is 125 Å². The Hall–Kier alpha value is -1.22. The van der Waals surface area contributed by atoms with Gasteiger partial charge in [-0.1, -0.05) is 6.92 Å². The minimum absolute atomic E-state index is 0.0729. The molecule has 0 fully saturated rings. The number of amides is 1. The smallest absolute Gasteiger partial charge is 0.270 e. The summed E-state index contributed by atoms with van der Waals surface area (Å²) in [5.74, 6) is -0.280. The van der Waals surface area contributed by atoms with Crippen LogP contribution in [0.25, 0.3) is 0 Å². The lowest BCUT2D eigenvalue weighted by Crippen LogP contribution is -2.33. The molecule has 0 aromatic heterocycles. The van der Waals surface area contributed by atoms with E-state index >= 15 is 0 Å². The molecule has 0 saturated carbocycles. The summed E-state index contributed by atoms with van der Waals surface area (Å²) >= 11 is 1.99. The van der Waals surface area contributed by atoms with E-state index in [4.69, 9.17) is 0 Å². The number of nitrogens with one attached hydrogen (secondary N) is 1. The van der Waals surface area contributed by atoms with Gasteiger partial charge < -0.3 is 10.2 Å². The number of hydrogen-bond acceptors (Lipinski definition) is 4. The van der Waals surface area contributed by atoms with E-state index in [9.17, 15) is 14.9 Å². The van der Waals surface area contributed by atoms with E-state index in [1.807, 2.05) is 36.6 Å². The Morgan fingerprint density at radius 3 is 2.79 bits per heavy atom. The second-order valence-corrected chi connectivity index (χ2v) is 5.24. The normalized spacial score (nSPS) is 10.5. The highest BCUT2D eigenvalue weighted by Crippen LogP contribution is 2.19. The Bertz CT molecular complexity index is 479. The van der Waals surface area contributed by atoms with Crippen molar-refractivity contribution in [2.75, 3.05) is 26.7 Å². The maximum atomic E-state index is 12.0. The van der Waals surface area contributed by atoms with Gasteiger partial charge in [-0.25, -0.2) is 0 Å². The van der Waals surface area contributed by atoms with Crippen molar-refractivity contribution < 1.29 is 9.72 Å². The Balaban J connectivity index is 2.71. The third-order valence-corrected chi connectivity index (χ3v) is 3.66. The molecule has 0 heterocycles. The number of halogens is 1. The number of carbonyl (C=O) groups excluding carboxylic acids is 1. The van der Waals surface area contributed by atoms with Crippen LogP contribution in [0.1, 0.15) is 17.3 Å².